The Morgan fingerprint density at radius 1 is 1.39 bits per heavy atom. The van der Waals surface area contributed by atoms with Gasteiger partial charge in [0.2, 0.25) is 0 Å². The van der Waals surface area contributed by atoms with Crippen LogP contribution in [0.2, 0.25) is 0 Å². The van der Waals surface area contributed by atoms with Crippen molar-refractivity contribution >= 4 is 21.9 Å². The number of rotatable bonds is 4. The average molecular weight is 311 g/mol. The summed E-state index contributed by atoms with van der Waals surface area (Å²) in [4.78, 5) is 16.5. The fourth-order valence-electron chi connectivity index (χ4n) is 1.22. The second kappa shape index (κ2) is 6.51. The number of halogens is 1. The second-order valence-corrected chi connectivity index (χ2v) is 3.87. The Kier molecular flexibility index (Phi) is 5.01. The fraction of sp³-hybridized carbons (Fsp3) is 0.222. The van der Waals surface area contributed by atoms with Crippen LogP contribution < -0.4 is 0 Å². The summed E-state index contributed by atoms with van der Waals surface area (Å²) in [6, 6.07) is 4.53. The predicted molar refractivity (Wildman–Crippen MR) is 66.5 cm³/mol. The maximum atomic E-state index is 11.4. The van der Waals surface area contributed by atoms with Crippen LogP contribution in [0.3, 0.4) is 0 Å². The normalized spacial score (nSPS) is 10.8. The molecule has 0 unspecified atom stereocenters. The summed E-state index contributed by atoms with van der Waals surface area (Å²) in [6.45, 7) is 0. The lowest BCUT2D eigenvalue weighted by molar-refractivity contribution is 0.0599. The van der Waals surface area contributed by atoms with Gasteiger partial charge in [-0.05, 0) is 44.7 Å². The Morgan fingerprint density at radius 3 is 2.44 bits per heavy atom. The first kappa shape index (κ1) is 13.9. The Hall–Kier alpha value is -2.21. The maximum absolute atomic E-state index is 11.4. The van der Waals surface area contributed by atoms with Crippen molar-refractivity contribution in [2.45, 2.75) is 6.17 Å². The van der Waals surface area contributed by atoms with Gasteiger partial charge in [-0.1, -0.05) is 16.3 Å². The minimum absolute atomic E-state index is 0.321. The average Bonchev–Trinajstić information content (AvgIpc) is 2.37. The van der Waals surface area contributed by atoms with Crippen molar-refractivity contribution in [1.82, 2.24) is 0 Å². The number of hydrogen-bond acceptors (Lipinski definition) is 4. The third kappa shape index (κ3) is 3.14. The van der Waals surface area contributed by atoms with Crippen LogP contribution in [0.4, 0.5) is 0 Å². The molecule has 0 saturated heterocycles. The molecule has 0 amide bonds. The fourth-order valence-corrected chi connectivity index (χ4v) is 1.78. The Balaban J connectivity index is 3.20. The van der Waals surface area contributed by atoms with E-state index in [-0.39, 0.29) is 0 Å². The van der Waals surface area contributed by atoms with Gasteiger partial charge in [0.25, 0.3) is 0 Å². The maximum Gasteiger partial charge on any atom is 0.338 e. The van der Waals surface area contributed by atoms with Gasteiger partial charge < -0.3 is 4.74 Å². The second-order valence-electron chi connectivity index (χ2n) is 3.01. The van der Waals surface area contributed by atoms with Gasteiger partial charge in [-0.25, -0.2) is 4.79 Å². The number of hydrogen-bond donors (Lipinski definition) is 0. The largest absolute Gasteiger partial charge is 0.465 e. The van der Waals surface area contributed by atoms with Gasteiger partial charge in [0.05, 0.1) is 12.7 Å². The number of carbonyl (C=O) groups is 1. The highest BCUT2D eigenvalue weighted by molar-refractivity contribution is 9.10. The molecule has 1 aromatic carbocycles. The van der Waals surface area contributed by atoms with Crippen LogP contribution in [-0.4, -0.2) is 13.1 Å². The Labute approximate surface area is 110 Å². The molecule has 1 rings (SSSR count). The third-order valence-electron chi connectivity index (χ3n) is 2.02. The summed E-state index contributed by atoms with van der Waals surface area (Å²) in [5.74, 6) is -0.502. The topological polar surface area (TPSA) is 124 Å². The molecule has 0 fully saturated rings. The molecule has 1 aromatic rings. The molecule has 9 heteroatoms. The molecular formula is C9H7BrN6O2. The van der Waals surface area contributed by atoms with E-state index in [1.807, 2.05) is 0 Å². The van der Waals surface area contributed by atoms with E-state index in [1.54, 1.807) is 0 Å². The van der Waals surface area contributed by atoms with E-state index < -0.39 is 12.1 Å². The van der Waals surface area contributed by atoms with Crippen LogP contribution >= 0.6 is 15.9 Å². The number of carbonyl (C=O) groups excluding carboxylic acids is 1. The molecule has 0 aliphatic heterocycles. The lowest BCUT2D eigenvalue weighted by Crippen LogP contribution is -2.03. The van der Waals surface area contributed by atoms with E-state index in [2.05, 4.69) is 40.7 Å². The lowest BCUT2D eigenvalue weighted by atomic mass is 10.1. The van der Waals surface area contributed by atoms with Gasteiger partial charge in [0.15, 0.2) is 0 Å². The summed E-state index contributed by atoms with van der Waals surface area (Å²) < 4.78 is 5.04. The molecule has 92 valence electrons. The van der Waals surface area contributed by atoms with Crippen molar-refractivity contribution in [3.8, 4) is 0 Å². The number of azide groups is 1. The highest BCUT2D eigenvalue weighted by Crippen LogP contribution is 2.26. The monoisotopic (exact) mass is 310 g/mol. The number of methoxy groups -OCH3 is 1. The number of nitrogens with zero attached hydrogens (tertiary/aromatic N) is 6. The van der Waals surface area contributed by atoms with Crippen molar-refractivity contribution < 1.29 is 9.53 Å². The van der Waals surface area contributed by atoms with Gasteiger partial charge in [0.1, 0.15) is 6.17 Å². The minimum atomic E-state index is -0.997. The van der Waals surface area contributed by atoms with E-state index >= 15 is 0 Å². The van der Waals surface area contributed by atoms with E-state index in [0.717, 1.165) is 0 Å². The summed E-state index contributed by atoms with van der Waals surface area (Å²) in [6.07, 6.45) is -0.997. The summed E-state index contributed by atoms with van der Waals surface area (Å²) in [5, 5.41) is 6.69. The van der Waals surface area contributed by atoms with Gasteiger partial charge in [-0.15, -0.1) is 0 Å². The number of benzene rings is 1. The first-order valence-electron chi connectivity index (χ1n) is 4.60. The standard InChI is InChI=1S/C9H7BrN6O2/c1-18-9(17)6-3-2-5(4-7(6)10)8(13-15-11)14-16-12/h2-4,8H,1H3. The SMILES string of the molecule is COC(=O)c1ccc(C(N=[N+]=[N-])N=[N+]=[N-])cc1Br. The lowest BCUT2D eigenvalue weighted by Gasteiger charge is -2.08. The number of ether oxygens (including phenoxy) is 1. The van der Waals surface area contributed by atoms with E-state index in [1.165, 1.54) is 25.3 Å². The van der Waals surface area contributed by atoms with Gasteiger partial charge in [0, 0.05) is 14.3 Å². The van der Waals surface area contributed by atoms with Gasteiger partial charge in [-0.2, -0.15) is 0 Å². The van der Waals surface area contributed by atoms with Crippen LogP contribution in [0.5, 0.6) is 0 Å². The third-order valence-corrected chi connectivity index (χ3v) is 2.67. The molecule has 0 radical (unpaired) electrons. The summed E-state index contributed by atoms with van der Waals surface area (Å²) in [7, 11) is 1.27. The first-order valence-corrected chi connectivity index (χ1v) is 5.39. The van der Waals surface area contributed by atoms with Crippen LogP contribution in [0, 0.1) is 0 Å². The zero-order valence-corrected chi connectivity index (χ0v) is 10.8. The van der Waals surface area contributed by atoms with E-state index in [4.69, 9.17) is 11.1 Å². The van der Waals surface area contributed by atoms with E-state index in [9.17, 15) is 4.79 Å². The van der Waals surface area contributed by atoms with Crippen molar-refractivity contribution in [1.29, 1.82) is 0 Å². The van der Waals surface area contributed by atoms with Crippen molar-refractivity contribution in [2.75, 3.05) is 7.11 Å². The van der Waals surface area contributed by atoms with Crippen LogP contribution in [0.15, 0.2) is 32.9 Å². The summed E-state index contributed by atoms with van der Waals surface area (Å²) in [5.41, 5.74) is 17.5. The first-order chi connectivity index (χ1) is 8.63. The number of esters is 1. The van der Waals surface area contributed by atoms with Gasteiger partial charge >= 0.3 is 5.97 Å². The summed E-state index contributed by atoms with van der Waals surface area (Å²) >= 11 is 3.19. The van der Waals surface area contributed by atoms with E-state index in [0.29, 0.717) is 15.6 Å². The van der Waals surface area contributed by atoms with Crippen molar-refractivity contribution in [3.63, 3.8) is 0 Å². The molecule has 18 heavy (non-hydrogen) atoms. The Bertz CT molecular complexity index is 544. The molecule has 0 saturated carbocycles. The zero-order chi connectivity index (χ0) is 13.5. The molecule has 0 aliphatic carbocycles. The quantitative estimate of drug-likeness (QED) is 0.362. The van der Waals surface area contributed by atoms with Crippen LogP contribution in [-0.2, 0) is 4.74 Å². The Morgan fingerprint density at radius 2 is 2.00 bits per heavy atom. The molecule has 0 heterocycles. The minimum Gasteiger partial charge on any atom is -0.465 e. The smallest absolute Gasteiger partial charge is 0.338 e. The van der Waals surface area contributed by atoms with Crippen molar-refractivity contribution in [3.05, 3.63) is 54.7 Å². The highest BCUT2D eigenvalue weighted by atomic mass is 79.9. The molecular weight excluding hydrogens is 304 g/mol. The molecule has 8 nitrogen and oxygen atoms in total. The van der Waals surface area contributed by atoms with Crippen molar-refractivity contribution in [2.24, 2.45) is 10.2 Å². The predicted octanol–water partition coefficient (Wildman–Crippen LogP) is 3.85. The molecule has 0 atom stereocenters. The molecule has 0 aromatic heterocycles. The molecule has 0 spiro atoms. The van der Waals surface area contributed by atoms with Crippen LogP contribution in [0.25, 0.3) is 20.9 Å². The highest BCUT2D eigenvalue weighted by Gasteiger charge is 2.13. The molecule has 0 bridgehead atoms. The zero-order valence-electron chi connectivity index (χ0n) is 9.19. The molecule has 0 N–H and O–H groups in total. The van der Waals surface area contributed by atoms with Crippen LogP contribution in [0.1, 0.15) is 22.1 Å². The molecule has 0 aliphatic rings. The van der Waals surface area contributed by atoms with Gasteiger partial charge in [-0.3, -0.25) is 0 Å².